The largest absolute Gasteiger partial charge is 0.359 e. The van der Waals surface area contributed by atoms with E-state index in [-0.39, 0.29) is 0 Å². The molecule has 0 aromatic carbocycles. The molecular weight excluding hydrogens is 314 g/mol. The number of aromatic nitrogens is 1. The molecule has 1 aromatic rings. The number of rotatable bonds is 8. The number of nitrogens with one attached hydrogen (secondary N) is 2. The Bertz CT molecular complexity index is 518. The molecule has 2 heterocycles. The number of nitrogens with zero attached hydrogens (tertiary/aromatic N) is 3. The van der Waals surface area contributed by atoms with Crippen LogP contribution in [0.1, 0.15) is 63.8 Å². The maximum absolute atomic E-state index is 5.34. The maximum Gasteiger partial charge on any atom is 0.191 e. The van der Waals surface area contributed by atoms with Crippen LogP contribution in [0.5, 0.6) is 0 Å². The third-order valence-electron chi connectivity index (χ3n) is 4.89. The molecular formula is C19H35N5O. The van der Waals surface area contributed by atoms with Crippen molar-refractivity contribution in [2.45, 2.75) is 58.9 Å². The van der Waals surface area contributed by atoms with E-state index in [2.05, 4.69) is 46.5 Å². The van der Waals surface area contributed by atoms with Crippen molar-refractivity contribution < 1.29 is 4.52 Å². The Labute approximate surface area is 152 Å². The van der Waals surface area contributed by atoms with E-state index in [9.17, 15) is 0 Å². The van der Waals surface area contributed by atoms with E-state index in [0.29, 0.717) is 12.5 Å². The number of guanidine groups is 1. The van der Waals surface area contributed by atoms with Crippen LogP contribution in [0.4, 0.5) is 0 Å². The first kappa shape index (κ1) is 19.8. The van der Waals surface area contributed by atoms with Crippen molar-refractivity contribution in [3.8, 4) is 0 Å². The number of hydrogen-bond donors (Lipinski definition) is 2. The van der Waals surface area contributed by atoms with Crippen molar-refractivity contribution in [2.24, 2.45) is 10.9 Å². The van der Waals surface area contributed by atoms with Gasteiger partial charge in [0.1, 0.15) is 0 Å². The Morgan fingerprint density at radius 2 is 2.08 bits per heavy atom. The Hall–Kier alpha value is -1.56. The first-order valence-corrected chi connectivity index (χ1v) is 9.71. The van der Waals surface area contributed by atoms with Gasteiger partial charge in [-0.3, -0.25) is 4.99 Å². The first-order chi connectivity index (χ1) is 12.1. The van der Waals surface area contributed by atoms with Gasteiger partial charge in [0.05, 0.1) is 12.2 Å². The summed E-state index contributed by atoms with van der Waals surface area (Å²) in [6.45, 7) is 11.9. The lowest BCUT2D eigenvalue weighted by Gasteiger charge is -2.30. The zero-order valence-corrected chi connectivity index (χ0v) is 16.3. The zero-order valence-electron chi connectivity index (χ0n) is 16.3. The van der Waals surface area contributed by atoms with Gasteiger partial charge >= 0.3 is 0 Å². The molecule has 142 valence electrons. The molecule has 0 amide bonds. The number of hydrogen-bond acceptors (Lipinski definition) is 4. The summed E-state index contributed by atoms with van der Waals surface area (Å²) in [6, 6.07) is 2.00. The van der Waals surface area contributed by atoms with Gasteiger partial charge in [-0.15, -0.1) is 0 Å². The van der Waals surface area contributed by atoms with Crippen molar-refractivity contribution >= 4 is 5.96 Å². The summed E-state index contributed by atoms with van der Waals surface area (Å²) in [6.07, 6.45) is 5.11. The van der Waals surface area contributed by atoms with Crippen LogP contribution in [0.3, 0.4) is 0 Å². The lowest BCUT2D eigenvalue weighted by atomic mass is 9.99. The van der Waals surface area contributed by atoms with Crippen LogP contribution in [0.25, 0.3) is 0 Å². The minimum Gasteiger partial charge on any atom is -0.359 e. The highest BCUT2D eigenvalue weighted by atomic mass is 16.5. The van der Waals surface area contributed by atoms with Gasteiger partial charge in [0.15, 0.2) is 11.7 Å². The molecule has 0 spiro atoms. The average molecular weight is 350 g/mol. The number of aliphatic imine (C=N–C) groups is 1. The highest BCUT2D eigenvalue weighted by Crippen LogP contribution is 2.16. The molecule has 25 heavy (non-hydrogen) atoms. The third kappa shape index (κ3) is 7.06. The summed E-state index contributed by atoms with van der Waals surface area (Å²) in [4.78, 5) is 6.86. The van der Waals surface area contributed by atoms with Gasteiger partial charge in [-0.2, -0.15) is 0 Å². The lowest BCUT2D eigenvalue weighted by Crippen LogP contribution is -2.37. The van der Waals surface area contributed by atoms with Crippen molar-refractivity contribution in [3.63, 3.8) is 0 Å². The van der Waals surface area contributed by atoms with Crippen molar-refractivity contribution in [2.75, 3.05) is 33.2 Å². The summed E-state index contributed by atoms with van der Waals surface area (Å²) in [7, 11) is 1.80. The molecule has 1 aliphatic rings. The van der Waals surface area contributed by atoms with Gasteiger partial charge < -0.3 is 20.1 Å². The van der Waals surface area contributed by atoms with E-state index < -0.39 is 0 Å². The molecule has 0 atom stereocenters. The Balaban J connectivity index is 1.57. The van der Waals surface area contributed by atoms with Gasteiger partial charge in [-0.25, -0.2) is 0 Å². The second kappa shape index (κ2) is 10.4. The Kier molecular flexibility index (Phi) is 8.25. The van der Waals surface area contributed by atoms with Gasteiger partial charge in [-0.1, -0.05) is 25.9 Å². The van der Waals surface area contributed by atoms with E-state index in [1.54, 1.807) is 7.05 Å². The molecule has 1 aromatic heterocycles. The molecule has 2 N–H and O–H groups in total. The minimum atomic E-state index is 0.387. The predicted octanol–water partition coefficient (Wildman–Crippen LogP) is 2.98. The average Bonchev–Trinajstić information content (AvgIpc) is 3.08. The van der Waals surface area contributed by atoms with Crippen LogP contribution < -0.4 is 10.6 Å². The van der Waals surface area contributed by atoms with E-state index in [1.807, 2.05) is 6.07 Å². The fraction of sp³-hybridized carbons (Fsp3) is 0.789. The minimum absolute atomic E-state index is 0.387. The number of piperidine rings is 1. The van der Waals surface area contributed by atoms with E-state index >= 15 is 0 Å². The van der Waals surface area contributed by atoms with E-state index in [1.165, 1.54) is 38.9 Å². The van der Waals surface area contributed by atoms with Crippen LogP contribution in [0.15, 0.2) is 15.6 Å². The molecule has 1 aliphatic heterocycles. The molecule has 0 saturated carbocycles. The summed E-state index contributed by atoms with van der Waals surface area (Å²) in [5.74, 6) is 2.95. The van der Waals surface area contributed by atoms with Gasteiger partial charge in [0, 0.05) is 19.7 Å². The molecule has 1 fully saturated rings. The summed E-state index contributed by atoms with van der Waals surface area (Å²) < 4.78 is 5.34. The number of unbranched alkanes of at least 4 members (excludes halogenated alkanes) is 1. The summed E-state index contributed by atoms with van der Waals surface area (Å²) in [5.41, 5.74) is 0.992. The Morgan fingerprint density at radius 1 is 1.32 bits per heavy atom. The first-order valence-electron chi connectivity index (χ1n) is 9.71. The molecule has 0 unspecified atom stereocenters. The Morgan fingerprint density at radius 3 is 2.72 bits per heavy atom. The van der Waals surface area contributed by atoms with Crippen LogP contribution in [0, 0.1) is 5.92 Å². The van der Waals surface area contributed by atoms with Crippen LogP contribution in [0.2, 0.25) is 0 Å². The molecule has 2 rings (SSSR count). The highest BCUT2D eigenvalue weighted by Gasteiger charge is 2.14. The van der Waals surface area contributed by atoms with E-state index in [4.69, 9.17) is 4.52 Å². The molecule has 6 nitrogen and oxygen atoms in total. The van der Waals surface area contributed by atoms with Crippen LogP contribution in [-0.2, 0) is 6.54 Å². The quantitative estimate of drug-likeness (QED) is 0.429. The maximum atomic E-state index is 5.34. The SMILES string of the molecule is CN=C(NCCCCN1CCC(C)CC1)NCc1cc(C(C)C)no1. The third-order valence-corrected chi connectivity index (χ3v) is 4.89. The topological polar surface area (TPSA) is 65.7 Å². The van der Waals surface area contributed by atoms with Crippen molar-refractivity contribution in [3.05, 3.63) is 17.5 Å². The summed E-state index contributed by atoms with van der Waals surface area (Å²) in [5, 5.41) is 10.7. The normalized spacial score (nSPS) is 17.2. The van der Waals surface area contributed by atoms with Crippen molar-refractivity contribution in [1.29, 1.82) is 0 Å². The van der Waals surface area contributed by atoms with Gasteiger partial charge in [0.2, 0.25) is 0 Å². The highest BCUT2D eigenvalue weighted by molar-refractivity contribution is 5.79. The molecule has 6 heteroatoms. The second-order valence-corrected chi connectivity index (χ2v) is 7.46. The zero-order chi connectivity index (χ0) is 18.1. The fourth-order valence-corrected chi connectivity index (χ4v) is 3.03. The molecule has 0 aliphatic carbocycles. The fourth-order valence-electron chi connectivity index (χ4n) is 3.03. The molecule has 0 radical (unpaired) electrons. The smallest absolute Gasteiger partial charge is 0.191 e. The van der Waals surface area contributed by atoms with Gasteiger partial charge in [-0.05, 0) is 57.2 Å². The monoisotopic (exact) mass is 349 g/mol. The van der Waals surface area contributed by atoms with Crippen LogP contribution >= 0.6 is 0 Å². The predicted molar refractivity (Wildman–Crippen MR) is 103 cm³/mol. The summed E-state index contributed by atoms with van der Waals surface area (Å²) >= 11 is 0. The van der Waals surface area contributed by atoms with Crippen LogP contribution in [-0.4, -0.2) is 49.2 Å². The molecule has 0 bridgehead atoms. The number of likely N-dealkylation sites (tertiary alicyclic amines) is 1. The standard InChI is InChI=1S/C19H35N5O/c1-15(2)18-13-17(25-23-18)14-22-19(20-4)21-9-5-6-10-24-11-7-16(3)8-12-24/h13,15-16H,5-12,14H2,1-4H3,(H2,20,21,22). The van der Waals surface area contributed by atoms with Crippen molar-refractivity contribution in [1.82, 2.24) is 20.7 Å². The molecule has 1 saturated heterocycles. The van der Waals surface area contributed by atoms with Gasteiger partial charge in [0.25, 0.3) is 0 Å². The van der Waals surface area contributed by atoms with E-state index in [0.717, 1.165) is 36.3 Å². The second-order valence-electron chi connectivity index (χ2n) is 7.46. The lowest BCUT2D eigenvalue weighted by molar-refractivity contribution is 0.189.